The van der Waals surface area contributed by atoms with Crippen LogP contribution in [0.3, 0.4) is 0 Å². The van der Waals surface area contributed by atoms with Gasteiger partial charge in [0.2, 0.25) is 5.95 Å². The fraction of sp³-hybridized carbons (Fsp3) is 0.706. The van der Waals surface area contributed by atoms with Crippen molar-refractivity contribution in [3.63, 3.8) is 0 Å². The van der Waals surface area contributed by atoms with Gasteiger partial charge in [0.25, 0.3) is 5.91 Å². The van der Waals surface area contributed by atoms with Crippen molar-refractivity contribution in [3.8, 4) is 0 Å². The number of nitrogens with zero attached hydrogens (tertiary/aromatic N) is 4. The summed E-state index contributed by atoms with van der Waals surface area (Å²) in [6.07, 6.45) is 3.87. The molecule has 0 spiro atoms. The minimum Gasteiger partial charge on any atom is -0.368 e. The first kappa shape index (κ1) is 16.2. The number of hydrogen-bond donors (Lipinski definition) is 1. The van der Waals surface area contributed by atoms with Crippen molar-refractivity contribution in [2.45, 2.75) is 58.0 Å². The maximum absolute atomic E-state index is 12.6. The van der Waals surface area contributed by atoms with E-state index in [1.54, 1.807) is 6.07 Å². The molecule has 0 saturated carbocycles. The zero-order valence-corrected chi connectivity index (χ0v) is 14.3. The van der Waals surface area contributed by atoms with Crippen LogP contribution in [0.5, 0.6) is 0 Å². The van der Waals surface area contributed by atoms with Gasteiger partial charge in [0.1, 0.15) is 5.69 Å². The summed E-state index contributed by atoms with van der Waals surface area (Å²) in [6.45, 7) is 9.12. The number of likely N-dealkylation sites (tertiary alicyclic amines) is 2. The fourth-order valence-electron chi connectivity index (χ4n) is 3.55. The summed E-state index contributed by atoms with van der Waals surface area (Å²) >= 11 is 0. The summed E-state index contributed by atoms with van der Waals surface area (Å²) in [7, 11) is 0. The van der Waals surface area contributed by atoms with E-state index in [1.807, 2.05) is 18.7 Å². The van der Waals surface area contributed by atoms with E-state index in [1.165, 1.54) is 19.3 Å². The van der Waals surface area contributed by atoms with Gasteiger partial charge in [0, 0.05) is 30.9 Å². The van der Waals surface area contributed by atoms with Gasteiger partial charge < -0.3 is 10.6 Å². The molecule has 1 amide bonds. The molecule has 2 aliphatic heterocycles. The van der Waals surface area contributed by atoms with Crippen molar-refractivity contribution >= 4 is 11.9 Å². The number of nitrogen functional groups attached to an aromatic ring is 1. The lowest BCUT2D eigenvalue weighted by Gasteiger charge is -2.49. The third kappa shape index (κ3) is 3.32. The topological polar surface area (TPSA) is 75.4 Å². The van der Waals surface area contributed by atoms with Crippen molar-refractivity contribution in [2.75, 3.05) is 25.4 Å². The quantitative estimate of drug-likeness (QED) is 0.921. The smallest absolute Gasteiger partial charge is 0.272 e. The summed E-state index contributed by atoms with van der Waals surface area (Å²) in [5.41, 5.74) is 7.00. The normalized spacial score (nSPS) is 23.1. The second-order valence-corrected chi connectivity index (χ2v) is 7.14. The van der Waals surface area contributed by atoms with E-state index in [0.717, 1.165) is 25.3 Å². The van der Waals surface area contributed by atoms with Gasteiger partial charge in [-0.2, -0.15) is 0 Å². The van der Waals surface area contributed by atoms with Crippen LogP contribution in [0.25, 0.3) is 0 Å². The van der Waals surface area contributed by atoms with Gasteiger partial charge >= 0.3 is 0 Å². The van der Waals surface area contributed by atoms with Gasteiger partial charge in [-0.15, -0.1) is 0 Å². The second kappa shape index (κ2) is 6.43. The predicted octanol–water partition coefficient (Wildman–Crippen LogP) is 1.88. The summed E-state index contributed by atoms with van der Waals surface area (Å²) in [5.74, 6) is 0.383. The maximum Gasteiger partial charge on any atom is 0.272 e. The Morgan fingerprint density at radius 2 is 2.04 bits per heavy atom. The molecule has 1 atom stereocenters. The van der Waals surface area contributed by atoms with E-state index in [2.05, 4.69) is 21.8 Å². The van der Waals surface area contributed by atoms with Gasteiger partial charge in [-0.1, -0.05) is 20.3 Å². The molecule has 126 valence electrons. The van der Waals surface area contributed by atoms with Crippen LogP contribution in [0, 0.1) is 0 Å². The average Bonchev–Trinajstić information content (AvgIpc) is 2.46. The zero-order chi connectivity index (χ0) is 16.6. The lowest BCUT2D eigenvalue weighted by molar-refractivity contribution is 0.00180. The van der Waals surface area contributed by atoms with Crippen molar-refractivity contribution in [2.24, 2.45) is 0 Å². The Morgan fingerprint density at radius 1 is 1.30 bits per heavy atom. The number of rotatable bonds is 3. The van der Waals surface area contributed by atoms with Crippen LogP contribution in [-0.4, -0.2) is 57.4 Å². The van der Waals surface area contributed by atoms with Crippen LogP contribution in [0.4, 0.5) is 5.95 Å². The minimum atomic E-state index is -0.0260. The zero-order valence-electron chi connectivity index (χ0n) is 14.3. The number of hydrogen-bond acceptors (Lipinski definition) is 5. The summed E-state index contributed by atoms with van der Waals surface area (Å²) < 4.78 is 0. The number of carbonyl (C=O) groups is 1. The third-order valence-corrected chi connectivity index (χ3v) is 5.05. The molecule has 1 aromatic rings. The number of nitrogens with two attached hydrogens (primary N) is 1. The Bertz CT molecular complexity index is 582. The SMILES string of the molecule is CC(C)c1cc(C(=O)N2CC(N3CCCCC3C)C2)nc(N)n1. The molecular weight excluding hydrogens is 290 g/mol. The number of piperidine rings is 1. The highest BCUT2D eigenvalue weighted by Gasteiger charge is 2.38. The monoisotopic (exact) mass is 317 g/mol. The van der Waals surface area contributed by atoms with Crippen molar-refractivity contribution in [3.05, 3.63) is 17.5 Å². The summed E-state index contributed by atoms with van der Waals surface area (Å²) in [5, 5.41) is 0. The molecule has 2 N–H and O–H groups in total. The highest BCUT2D eigenvalue weighted by molar-refractivity contribution is 5.93. The Kier molecular flexibility index (Phi) is 4.53. The molecule has 0 bridgehead atoms. The molecule has 2 saturated heterocycles. The van der Waals surface area contributed by atoms with Gasteiger partial charge in [-0.25, -0.2) is 9.97 Å². The Morgan fingerprint density at radius 3 is 2.70 bits per heavy atom. The highest BCUT2D eigenvalue weighted by Crippen LogP contribution is 2.25. The van der Waals surface area contributed by atoms with Crippen LogP contribution in [-0.2, 0) is 0 Å². The lowest BCUT2D eigenvalue weighted by Crippen LogP contribution is -2.63. The molecule has 3 rings (SSSR count). The van der Waals surface area contributed by atoms with Crippen LogP contribution >= 0.6 is 0 Å². The van der Waals surface area contributed by atoms with Crippen LogP contribution in [0.15, 0.2) is 6.07 Å². The van der Waals surface area contributed by atoms with Crippen molar-refractivity contribution in [1.29, 1.82) is 0 Å². The molecule has 3 heterocycles. The standard InChI is InChI=1S/C17H27N5O/c1-11(2)14-8-15(20-17(18)19-14)16(23)21-9-13(10-21)22-7-5-4-6-12(22)3/h8,11-13H,4-7,9-10H2,1-3H3,(H2,18,19,20). The van der Waals surface area contributed by atoms with Gasteiger partial charge in [0.15, 0.2) is 0 Å². The van der Waals surface area contributed by atoms with Crippen LogP contribution in [0.1, 0.15) is 62.1 Å². The van der Waals surface area contributed by atoms with Gasteiger partial charge in [-0.3, -0.25) is 9.69 Å². The molecule has 1 aromatic heterocycles. The summed E-state index contributed by atoms with van der Waals surface area (Å²) in [4.78, 5) is 25.4. The second-order valence-electron chi connectivity index (χ2n) is 7.14. The van der Waals surface area contributed by atoms with Gasteiger partial charge in [0.05, 0.1) is 0 Å². The Labute approximate surface area is 138 Å². The molecular formula is C17H27N5O. The Hall–Kier alpha value is -1.69. The number of aromatic nitrogens is 2. The number of amides is 1. The van der Waals surface area contributed by atoms with E-state index >= 15 is 0 Å². The van der Waals surface area contributed by atoms with E-state index in [9.17, 15) is 4.79 Å². The third-order valence-electron chi connectivity index (χ3n) is 5.05. The van der Waals surface area contributed by atoms with E-state index in [-0.39, 0.29) is 17.8 Å². The largest absolute Gasteiger partial charge is 0.368 e. The van der Waals surface area contributed by atoms with Crippen molar-refractivity contribution in [1.82, 2.24) is 19.8 Å². The highest BCUT2D eigenvalue weighted by atomic mass is 16.2. The number of anilines is 1. The maximum atomic E-state index is 12.6. The van der Waals surface area contributed by atoms with E-state index in [4.69, 9.17) is 5.73 Å². The van der Waals surface area contributed by atoms with E-state index in [0.29, 0.717) is 17.8 Å². The van der Waals surface area contributed by atoms with Crippen LogP contribution in [0.2, 0.25) is 0 Å². The molecule has 0 aliphatic carbocycles. The number of carbonyl (C=O) groups excluding carboxylic acids is 1. The molecule has 23 heavy (non-hydrogen) atoms. The molecule has 1 unspecified atom stereocenters. The molecule has 2 aliphatic rings. The Balaban J connectivity index is 1.64. The average molecular weight is 317 g/mol. The summed E-state index contributed by atoms with van der Waals surface area (Å²) in [6, 6.07) is 2.91. The fourth-order valence-corrected chi connectivity index (χ4v) is 3.55. The molecule has 0 radical (unpaired) electrons. The molecule has 0 aromatic carbocycles. The van der Waals surface area contributed by atoms with Crippen molar-refractivity contribution < 1.29 is 4.79 Å². The van der Waals surface area contributed by atoms with Crippen LogP contribution < -0.4 is 5.73 Å². The first-order valence-electron chi connectivity index (χ1n) is 8.65. The first-order valence-corrected chi connectivity index (χ1v) is 8.65. The predicted molar refractivity (Wildman–Crippen MR) is 90.2 cm³/mol. The molecule has 2 fully saturated rings. The minimum absolute atomic E-state index is 0.0260. The molecule has 6 nitrogen and oxygen atoms in total. The van der Waals surface area contributed by atoms with Gasteiger partial charge in [-0.05, 0) is 38.3 Å². The first-order chi connectivity index (χ1) is 11.0. The molecule has 6 heteroatoms. The lowest BCUT2D eigenvalue weighted by atomic mass is 9.97. The van der Waals surface area contributed by atoms with E-state index < -0.39 is 0 Å².